The number of alkyl halides is 3. The number of nitrogens with one attached hydrogen (secondary N) is 3. The third-order valence-electron chi connectivity index (χ3n) is 10.4. The summed E-state index contributed by atoms with van der Waals surface area (Å²) in [6.07, 6.45) is 9.53. The number of hydrogen-bond acceptors (Lipinski definition) is 8. The molecule has 0 unspecified atom stereocenters. The average Bonchev–Trinajstić information content (AvgIpc) is 4.12. The summed E-state index contributed by atoms with van der Waals surface area (Å²) in [4.78, 5) is 52.0. The average molecular weight is 850 g/mol. The molecule has 1 aromatic heterocycles. The predicted molar refractivity (Wildman–Crippen MR) is 230 cm³/mol. The van der Waals surface area contributed by atoms with Gasteiger partial charge < -0.3 is 30.4 Å². The molecule has 3 fully saturated rings. The lowest BCUT2D eigenvalue weighted by Crippen LogP contribution is -2.45. The number of methoxy groups -OCH3 is 1. The monoisotopic (exact) mass is 849 g/mol. The fourth-order valence-corrected chi connectivity index (χ4v) is 7.42. The molecular formula is C45H54F3N5O6S. The van der Waals surface area contributed by atoms with Crippen LogP contribution in [0.1, 0.15) is 71.6 Å². The van der Waals surface area contributed by atoms with Crippen molar-refractivity contribution in [2.75, 3.05) is 25.5 Å². The predicted octanol–water partition coefficient (Wildman–Crippen LogP) is 8.75. The summed E-state index contributed by atoms with van der Waals surface area (Å²) in [6, 6.07) is 21.4. The first-order valence-corrected chi connectivity index (χ1v) is 21.1. The minimum atomic E-state index is -4.78. The molecule has 3 aromatic carbocycles. The van der Waals surface area contributed by atoms with Crippen molar-refractivity contribution in [2.24, 2.45) is 17.6 Å². The highest BCUT2D eigenvalue weighted by atomic mass is 32.2. The number of fused-ring (bicyclic) bond motifs is 1. The highest BCUT2D eigenvalue weighted by molar-refractivity contribution is 7.99. The van der Waals surface area contributed by atoms with E-state index in [0.717, 1.165) is 41.1 Å². The van der Waals surface area contributed by atoms with E-state index in [-0.39, 0.29) is 35.5 Å². The maximum atomic E-state index is 12.2. The molecule has 5 N–H and O–H groups in total. The van der Waals surface area contributed by atoms with Crippen molar-refractivity contribution in [2.45, 2.75) is 88.8 Å². The smallest absolute Gasteiger partial charge is 0.497 e. The van der Waals surface area contributed by atoms with Crippen LogP contribution >= 0.6 is 11.9 Å². The Morgan fingerprint density at radius 1 is 1.02 bits per heavy atom. The summed E-state index contributed by atoms with van der Waals surface area (Å²) in [5.74, 6) is 0.460. The number of ether oxygens (including phenoxy) is 2. The molecule has 3 amide bonds. The van der Waals surface area contributed by atoms with Gasteiger partial charge in [0.2, 0.25) is 17.7 Å². The number of amides is 3. The first-order chi connectivity index (χ1) is 28.7. The lowest BCUT2D eigenvalue weighted by atomic mass is 10.1. The van der Waals surface area contributed by atoms with Crippen LogP contribution in [0.4, 0.5) is 18.9 Å². The molecule has 15 heteroatoms. The third-order valence-corrected chi connectivity index (χ3v) is 11.6. The van der Waals surface area contributed by atoms with E-state index in [9.17, 15) is 32.3 Å². The van der Waals surface area contributed by atoms with Crippen LogP contribution in [0.15, 0.2) is 95.8 Å². The number of halogens is 3. The molecule has 0 spiro atoms. The summed E-state index contributed by atoms with van der Waals surface area (Å²) in [7, 11) is 1.61. The molecule has 3 aliphatic rings. The number of carbonyl (C=O) groups is 3. The zero-order valence-corrected chi connectivity index (χ0v) is 35.0. The number of nitrogens with zero attached hydrogens (tertiary/aromatic N) is 1. The number of likely N-dealkylation sites (tertiary alicyclic amines) is 1. The zero-order valence-electron chi connectivity index (χ0n) is 34.2. The molecular weight excluding hydrogens is 796 g/mol. The van der Waals surface area contributed by atoms with E-state index in [4.69, 9.17) is 10.5 Å². The highest BCUT2D eigenvalue weighted by Crippen LogP contribution is 2.47. The molecule has 7 rings (SSSR count). The first kappa shape index (κ1) is 45.6. The van der Waals surface area contributed by atoms with E-state index in [1.54, 1.807) is 37.3 Å². The SMILES string of the molecule is CCCCC/C=C\[C@@H]1C[C@@H]1C(=O)NSC1(C)CC1.COc1ccc2c(=O)cc(-c3ccccc3)[nH]c2c1.NC(=O)[C@@H]1CCCN1C(=O)CNc1cccc(OC(F)(F)F)c1. The van der Waals surface area contributed by atoms with Crippen LogP contribution in [0.2, 0.25) is 0 Å². The molecule has 0 bridgehead atoms. The van der Waals surface area contributed by atoms with Crippen LogP contribution in [-0.2, 0) is 14.4 Å². The number of H-pyrrole nitrogens is 1. The molecule has 60 heavy (non-hydrogen) atoms. The van der Waals surface area contributed by atoms with Crippen molar-refractivity contribution in [1.82, 2.24) is 14.6 Å². The topological polar surface area (TPSA) is 156 Å². The molecule has 322 valence electrons. The van der Waals surface area contributed by atoms with E-state index in [1.807, 2.05) is 36.4 Å². The quantitative estimate of drug-likeness (QED) is 0.0526. The van der Waals surface area contributed by atoms with Gasteiger partial charge in [-0.1, -0.05) is 68.3 Å². The number of hydrogen-bond donors (Lipinski definition) is 4. The number of primary amides is 1. The summed E-state index contributed by atoms with van der Waals surface area (Å²) < 4.78 is 48.9. The minimum absolute atomic E-state index is 0.00950. The van der Waals surface area contributed by atoms with Gasteiger partial charge in [-0.25, -0.2) is 0 Å². The van der Waals surface area contributed by atoms with Crippen molar-refractivity contribution in [1.29, 1.82) is 0 Å². The van der Waals surface area contributed by atoms with Gasteiger partial charge in [-0.3, -0.25) is 23.9 Å². The van der Waals surface area contributed by atoms with Crippen LogP contribution < -0.4 is 30.7 Å². The minimum Gasteiger partial charge on any atom is -0.497 e. The number of aromatic amines is 1. The summed E-state index contributed by atoms with van der Waals surface area (Å²) >= 11 is 1.63. The molecule has 0 radical (unpaired) electrons. The number of rotatable bonds is 15. The van der Waals surface area contributed by atoms with E-state index in [1.165, 1.54) is 55.6 Å². The Morgan fingerprint density at radius 2 is 1.78 bits per heavy atom. The fourth-order valence-electron chi connectivity index (χ4n) is 6.61. The number of allylic oxidation sites excluding steroid dienone is 2. The van der Waals surface area contributed by atoms with Gasteiger partial charge in [-0.05, 0) is 99.6 Å². The van der Waals surface area contributed by atoms with Gasteiger partial charge >= 0.3 is 6.36 Å². The maximum absolute atomic E-state index is 12.2. The Balaban J connectivity index is 0.000000172. The van der Waals surface area contributed by atoms with E-state index in [0.29, 0.717) is 41.1 Å². The standard InChI is InChI=1S/C16H13NO2.C15H25NOS.C14H16F3N3O3/c1-19-12-7-8-13-15(9-12)17-14(10-16(13)18)11-5-3-2-4-6-11;1-3-4-5-6-7-8-12-11-13(12)14(17)16-18-15(2)9-10-15;15-14(16,17)23-10-4-1-3-9(7-10)19-8-12(21)20-6-2-5-11(20)13(18)22/h2-10H,1H3,(H,17,18);7-8,12-13H,3-6,9-11H2,1-2H3,(H,16,17);1,3-4,7,11,19H,2,5-6,8H2,(H2,18,22)/b;8-7-;/t;12-,13+;11-/m.10/s1. The number of benzene rings is 3. The second-order valence-corrected chi connectivity index (χ2v) is 16.7. The Bertz CT molecular complexity index is 2160. The van der Waals surface area contributed by atoms with Crippen LogP contribution in [0, 0.1) is 11.8 Å². The van der Waals surface area contributed by atoms with Crippen molar-refractivity contribution in [3.8, 4) is 22.8 Å². The molecule has 1 saturated heterocycles. The normalized spacial score (nSPS) is 18.7. The van der Waals surface area contributed by atoms with Crippen molar-refractivity contribution >= 4 is 46.3 Å². The van der Waals surface area contributed by atoms with Gasteiger partial charge in [0.15, 0.2) is 5.43 Å². The van der Waals surface area contributed by atoms with Gasteiger partial charge in [-0.15, -0.1) is 13.2 Å². The van der Waals surface area contributed by atoms with E-state index >= 15 is 0 Å². The van der Waals surface area contributed by atoms with Crippen molar-refractivity contribution in [3.05, 3.63) is 101 Å². The van der Waals surface area contributed by atoms with Crippen LogP contribution in [-0.4, -0.2) is 65.0 Å². The van der Waals surface area contributed by atoms with Crippen LogP contribution in [0.25, 0.3) is 22.2 Å². The number of nitrogens with two attached hydrogens (primary N) is 1. The number of aromatic nitrogens is 1. The summed E-state index contributed by atoms with van der Waals surface area (Å²) in [5, 5.41) is 3.38. The van der Waals surface area contributed by atoms with Gasteiger partial charge in [0.1, 0.15) is 17.5 Å². The largest absolute Gasteiger partial charge is 0.573 e. The molecule has 1 aliphatic heterocycles. The molecule has 2 saturated carbocycles. The van der Waals surface area contributed by atoms with Crippen molar-refractivity contribution in [3.63, 3.8) is 0 Å². The Labute approximate surface area is 352 Å². The Hall–Kier alpha value is -5.44. The Morgan fingerprint density at radius 3 is 2.47 bits per heavy atom. The lowest BCUT2D eigenvalue weighted by molar-refractivity contribution is -0.274. The van der Waals surface area contributed by atoms with Gasteiger partial charge in [-0.2, -0.15) is 0 Å². The third kappa shape index (κ3) is 14.1. The summed E-state index contributed by atoms with van der Waals surface area (Å²) in [6.45, 7) is 4.73. The number of carbonyl (C=O) groups excluding carboxylic acids is 3. The van der Waals surface area contributed by atoms with E-state index in [2.05, 4.69) is 45.8 Å². The number of pyridine rings is 1. The zero-order chi connectivity index (χ0) is 43.3. The molecule has 11 nitrogen and oxygen atoms in total. The van der Waals surface area contributed by atoms with Gasteiger partial charge in [0.05, 0.1) is 19.2 Å². The second-order valence-electron chi connectivity index (χ2n) is 15.3. The van der Waals surface area contributed by atoms with E-state index < -0.39 is 18.3 Å². The molecule has 4 aromatic rings. The molecule has 2 heterocycles. The van der Waals surface area contributed by atoms with Gasteiger partial charge in [0, 0.05) is 52.2 Å². The fraction of sp³-hybridized carbons (Fsp3) is 0.422. The number of anilines is 1. The van der Waals surface area contributed by atoms with Gasteiger partial charge in [0.25, 0.3) is 0 Å². The molecule has 2 aliphatic carbocycles. The van der Waals surface area contributed by atoms with Crippen LogP contribution in [0.5, 0.6) is 11.5 Å². The van der Waals surface area contributed by atoms with Crippen molar-refractivity contribution < 1.29 is 37.0 Å². The molecule has 3 atom stereocenters. The maximum Gasteiger partial charge on any atom is 0.573 e. The first-order valence-electron chi connectivity index (χ1n) is 20.3. The highest BCUT2D eigenvalue weighted by Gasteiger charge is 2.44. The summed E-state index contributed by atoms with van der Waals surface area (Å²) in [5.41, 5.74) is 8.13. The number of unbranched alkanes of at least 4 members (excludes halogenated alkanes) is 3. The second kappa shape index (κ2) is 21.2. The lowest BCUT2D eigenvalue weighted by Gasteiger charge is -2.22. The Kier molecular flexibility index (Phi) is 16.1. The van der Waals surface area contributed by atoms with Crippen LogP contribution in [0.3, 0.4) is 0 Å².